The van der Waals surface area contributed by atoms with Crippen molar-refractivity contribution in [3.8, 4) is 0 Å². The molecule has 4 nitrogen and oxygen atoms in total. The van der Waals surface area contributed by atoms with Gasteiger partial charge in [-0.25, -0.2) is 8.78 Å². The largest absolute Gasteiger partial charge is 0.391 e. The summed E-state index contributed by atoms with van der Waals surface area (Å²) in [7, 11) is 1.60. The molecular weight excluding hydrogens is 278 g/mol. The molecule has 1 aliphatic carbocycles. The lowest BCUT2D eigenvalue weighted by molar-refractivity contribution is 0.0534. The van der Waals surface area contributed by atoms with Gasteiger partial charge in [-0.2, -0.15) is 0 Å². The van der Waals surface area contributed by atoms with Crippen LogP contribution in [0.5, 0.6) is 0 Å². The minimum absolute atomic E-state index is 0.0151. The van der Waals surface area contributed by atoms with Crippen LogP contribution in [0, 0.1) is 11.6 Å². The molecule has 6 heteroatoms. The number of aromatic amines is 1. The number of carbonyl (C=O) groups excluding carboxylic acids is 1. The number of halogens is 2. The van der Waals surface area contributed by atoms with Crippen LogP contribution in [0.2, 0.25) is 0 Å². The number of aliphatic hydroxyl groups is 1. The summed E-state index contributed by atoms with van der Waals surface area (Å²) in [4.78, 5) is 16.5. The van der Waals surface area contributed by atoms with Gasteiger partial charge in [0, 0.05) is 12.4 Å². The summed E-state index contributed by atoms with van der Waals surface area (Å²) in [5.74, 6) is -1.56. The maximum absolute atomic E-state index is 13.7. The summed E-state index contributed by atoms with van der Waals surface area (Å²) < 4.78 is 27.3. The summed E-state index contributed by atoms with van der Waals surface area (Å²) in [5.41, 5.74) is 0.106. The number of nitrogens with zero attached hydrogens (tertiary/aromatic N) is 1. The Bertz CT molecular complexity index is 659. The van der Waals surface area contributed by atoms with E-state index in [1.807, 2.05) is 0 Å². The Kier molecular flexibility index (Phi) is 3.41. The fraction of sp³-hybridized carbons (Fsp3) is 0.400. The minimum Gasteiger partial charge on any atom is -0.391 e. The molecule has 1 heterocycles. The highest BCUT2D eigenvalue weighted by atomic mass is 19.1. The van der Waals surface area contributed by atoms with E-state index in [1.54, 1.807) is 7.05 Å². The third kappa shape index (κ3) is 2.29. The number of benzene rings is 1. The van der Waals surface area contributed by atoms with E-state index in [0.29, 0.717) is 6.42 Å². The van der Waals surface area contributed by atoms with Crippen LogP contribution >= 0.6 is 0 Å². The van der Waals surface area contributed by atoms with Gasteiger partial charge < -0.3 is 15.0 Å². The van der Waals surface area contributed by atoms with Crippen LogP contribution in [0.25, 0.3) is 10.9 Å². The van der Waals surface area contributed by atoms with Crippen molar-refractivity contribution in [2.24, 2.45) is 0 Å². The highest BCUT2D eigenvalue weighted by molar-refractivity contribution is 5.98. The first kappa shape index (κ1) is 14.0. The maximum atomic E-state index is 13.7. The standard InChI is InChI=1S/C15H16F2N2O2/c1-19(12-3-2-4-13(12)20)15(21)11-7-8-9(16)5-6-10(17)14(8)18-11/h5-7,12-13,18,20H,2-4H2,1H3/t12-,13-/m1/s1. The lowest BCUT2D eigenvalue weighted by Gasteiger charge is -2.26. The van der Waals surface area contributed by atoms with E-state index in [0.717, 1.165) is 25.0 Å². The molecule has 2 atom stereocenters. The zero-order valence-corrected chi connectivity index (χ0v) is 11.6. The van der Waals surface area contributed by atoms with Crippen LogP contribution in [-0.2, 0) is 0 Å². The van der Waals surface area contributed by atoms with Crippen molar-refractivity contribution in [1.82, 2.24) is 9.88 Å². The monoisotopic (exact) mass is 294 g/mol. The molecular formula is C15H16F2N2O2. The molecule has 0 saturated heterocycles. The van der Waals surface area contributed by atoms with E-state index in [-0.39, 0.29) is 28.5 Å². The van der Waals surface area contributed by atoms with Crippen molar-refractivity contribution in [1.29, 1.82) is 0 Å². The molecule has 1 aromatic carbocycles. The maximum Gasteiger partial charge on any atom is 0.270 e. The molecule has 0 unspecified atom stereocenters. The van der Waals surface area contributed by atoms with Crippen LogP contribution < -0.4 is 0 Å². The average molecular weight is 294 g/mol. The van der Waals surface area contributed by atoms with Crippen molar-refractivity contribution in [3.05, 3.63) is 35.5 Å². The second-order valence-electron chi connectivity index (χ2n) is 5.48. The SMILES string of the molecule is CN(C(=O)c1cc2c(F)ccc(F)c2[nH]1)[C@@H]1CCC[C@H]1O. The van der Waals surface area contributed by atoms with Gasteiger partial charge >= 0.3 is 0 Å². The molecule has 2 aromatic rings. The predicted octanol–water partition coefficient (Wildman–Crippen LogP) is 2.43. The number of rotatable bonds is 2. The zero-order valence-electron chi connectivity index (χ0n) is 11.6. The van der Waals surface area contributed by atoms with Crippen LogP contribution in [0.3, 0.4) is 0 Å². The third-order valence-electron chi connectivity index (χ3n) is 4.18. The number of likely N-dealkylation sites (N-methyl/N-ethyl adjacent to an activating group) is 1. The van der Waals surface area contributed by atoms with Gasteiger partial charge in [-0.3, -0.25) is 4.79 Å². The molecule has 0 spiro atoms. The molecule has 1 aliphatic rings. The van der Waals surface area contributed by atoms with E-state index in [2.05, 4.69) is 4.98 Å². The average Bonchev–Trinajstić information content (AvgIpc) is 3.08. The normalized spacial score (nSPS) is 21.9. The van der Waals surface area contributed by atoms with Gasteiger partial charge in [-0.05, 0) is 37.5 Å². The molecule has 3 rings (SSSR count). The number of nitrogens with one attached hydrogen (secondary N) is 1. The zero-order chi connectivity index (χ0) is 15.1. The van der Waals surface area contributed by atoms with Crippen molar-refractivity contribution in [3.63, 3.8) is 0 Å². The molecule has 112 valence electrons. The topological polar surface area (TPSA) is 56.3 Å². The number of H-pyrrole nitrogens is 1. The molecule has 1 saturated carbocycles. The van der Waals surface area contributed by atoms with Crippen LogP contribution in [0.15, 0.2) is 18.2 Å². The van der Waals surface area contributed by atoms with Gasteiger partial charge in [0.1, 0.15) is 17.3 Å². The molecule has 0 aliphatic heterocycles. The number of amides is 1. The molecule has 1 amide bonds. The Morgan fingerprint density at radius 2 is 2.05 bits per heavy atom. The van der Waals surface area contributed by atoms with Crippen molar-refractivity contribution in [2.75, 3.05) is 7.05 Å². The van der Waals surface area contributed by atoms with E-state index < -0.39 is 17.7 Å². The van der Waals surface area contributed by atoms with Gasteiger partial charge in [-0.1, -0.05) is 0 Å². The van der Waals surface area contributed by atoms with Crippen molar-refractivity contribution >= 4 is 16.8 Å². The Balaban J connectivity index is 1.95. The number of hydrogen-bond donors (Lipinski definition) is 2. The van der Waals surface area contributed by atoms with Crippen LogP contribution in [0.1, 0.15) is 29.8 Å². The van der Waals surface area contributed by atoms with Gasteiger partial charge in [0.25, 0.3) is 5.91 Å². The van der Waals surface area contributed by atoms with E-state index in [4.69, 9.17) is 0 Å². The molecule has 0 radical (unpaired) electrons. The molecule has 1 aromatic heterocycles. The summed E-state index contributed by atoms with van der Waals surface area (Å²) >= 11 is 0. The third-order valence-corrected chi connectivity index (χ3v) is 4.18. The van der Waals surface area contributed by atoms with Gasteiger partial charge in [-0.15, -0.1) is 0 Å². The smallest absolute Gasteiger partial charge is 0.270 e. The Labute approximate surface area is 120 Å². The highest BCUT2D eigenvalue weighted by Crippen LogP contribution is 2.26. The Morgan fingerprint density at radius 3 is 2.67 bits per heavy atom. The summed E-state index contributed by atoms with van der Waals surface area (Å²) in [6.07, 6.45) is 1.71. The fourth-order valence-electron chi connectivity index (χ4n) is 2.98. The first-order valence-electron chi connectivity index (χ1n) is 6.91. The highest BCUT2D eigenvalue weighted by Gasteiger charge is 2.32. The first-order valence-corrected chi connectivity index (χ1v) is 6.91. The number of aromatic nitrogens is 1. The lowest BCUT2D eigenvalue weighted by atomic mass is 10.1. The quantitative estimate of drug-likeness (QED) is 0.894. The summed E-state index contributed by atoms with van der Waals surface area (Å²) in [6, 6.07) is 3.11. The van der Waals surface area contributed by atoms with Crippen molar-refractivity contribution < 1.29 is 18.7 Å². The number of hydrogen-bond acceptors (Lipinski definition) is 2. The van der Waals surface area contributed by atoms with E-state index in [1.165, 1.54) is 11.0 Å². The van der Waals surface area contributed by atoms with Gasteiger partial charge in [0.05, 0.1) is 17.7 Å². The second kappa shape index (κ2) is 5.11. The van der Waals surface area contributed by atoms with E-state index in [9.17, 15) is 18.7 Å². The first-order chi connectivity index (χ1) is 9.99. The summed E-state index contributed by atoms with van der Waals surface area (Å²) in [6.45, 7) is 0. The Hall–Kier alpha value is -1.95. The van der Waals surface area contributed by atoms with Crippen molar-refractivity contribution in [2.45, 2.75) is 31.4 Å². The van der Waals surface area contributed by atoms with E-state index >= 15 is 0 Å². The summed E-state index contributed by atoms with van der Waals surface area (Å²) in [5, 5.41) is 9.91. The number of aliphatic hydroxyl groups excluding tert-OH is 1. The molecule has 1 fully saturated rings. The van der Waals surface area contributed by atoms with Gasteiger partial charge in [0.2, 0.25) is 0 Å². The predicted molar refractivity (Wildman–Crippen MR) is 74.0 cm³/mol. The number of carbonyl (C=O) groups is 1. The minimum atomic E-state index is -0.603. The second-order valence-corrected chi connectivity index (χ2v) is 5.48. The fourth-order valence-corrected chi connectivity index (χ4v) is 2.98. The molecule has 2 N–H and O–H groups in total. The number of fused-ring (bicyclic) bond motifs is 1. The van der Waals surface area contributed by atoms with Crippen LogP contribution in [-0.4, -0.2) is 40.1 Å². The molecule has 0 bridgehead atoms. The lowest BCUT2D eigenvalue weighted by Crippen LogP contribution is -2.41. The molecule has 21 heavy (non-hydrogen) atoms. The van der Waals surface area contributed by atoms with Gasteiger partial charge in [0.15, 0.2) is 0 Å². The Morgan fingerprint density at radius 1 is 1.33 bits per heavy atom. The van der Waals surface area contributed by atoms with Crippen LogP contribution in [0.4, 0.5) is 8.78 Å².